The summed E-state index contributed by atoms with van der Waals surface area (Å²) in [5.74, 6) is 3.00. The van der Waals surface area contributed by atoms with Crippen molar-refractivity contribution >= 4 is 0 Å². The Morgan fingerprint density at radius 2 is 1.88 bits per heavy atom. The zero-order valence-corrected chi connectivity index (χ0v) is 22.3. The summed E-state index contributed by atoms with van der Waals surface area (Å²) in [5.41, 5.74) is 3.74. The summed E-state index contributed by atoms with van der Waals surface area (Å²) in [6, 6.07) is 0. The summed E-state index contributed by atoms with van der Waals surface area (Å²) in [4.78, 5) is 0. The highest BCUT2D eigenvalue weighted by Crippen LogP contribution is 2.58. The average Bonchev–Trinajstić information content (AvgIpc) is 3.15. The predicted octanol–water partition coefficient (Wildman–Crippen LogP) is 5.97. The molecule has 0 bridgehead atoms. The number of hydrogen-bond donors (Lipinski definition) is 3. The molecule has 0 unspecified atom stereocenters. The molecule has 4 nitrogen and oxygen atoms in total. The lowest BCUT2D eigenvalue weighted by atomic mass is 9.62. The van der Waals surface area contributed by atoms with E-state index in [4.69, 9.17) is 9.84 Å². The molecule has 3 rings (SSSR count). The maximum atomic E-state index is 10.8. The molecule has 0 aliphatic heterocycles. The van der Waals surface area contributed by atoms with Gasteiger partial charge in [-0.15, -0.1) is 0 Å². The molecule has 0 amide bonds. The molecule has 3 N–H and O–H groups in total. The first-order chi connectivity index (χ1) is 16.2. The second-order valence-corrected chi connectivity index (χ2v) is 12.0. The molecular formula is C30H50O4. The van der Waals surface area contributed by atoms with Gasteiger partial charge in [-0.25, -0.2) is 0 Å². The van der Waals surface area contributed by atoms with Crippen molar-refractivity contribution in [2.75, 3.05) is 13.2 Å². The van der Waals surface area contributed by atoms with Gasteiger partial charge in [-0.2, -0.15) is 0 Å². The van der Waals surface area contributed by atoms with Crippen LogP contribution in [0.25, 0.3) is 0 Å². The Labute approximate surface area is 208 Å². The molecule has 0 heterocycles. The molecule has 0 aromatic rings. The minimum atomic E-state index is -0.810. The largest absolute Gasteiger partial charge is 0.396 e. The molecule has 0 aromatic carbocycles. The van der Waals surface area contributed by atoms with Crippen molar-refractivity contribution < 1.29 is 20.1 Å². The summed E-state index contributed by atoms with van der Waals surface area (Å²) >= 11 is 0. The fourth-order valence-corrected chi connectivity index (χ4v) is 7.06. The molecule has 0 radical (unpaired) electrons. The lowest BCUT2D eigenvalue weighted by Crippen LogP contribution is -2.44. The van der Waals surface area contributed by atoms with Crippen LogP contribution in [0.1, 0.15) is 92.4 Å². The van der Waals surface area contributed by atoms with Gasteiger partial charge in [0.05, 0.1) is 6.10 Å². The van der Waals surface area contributed by atoms with Crippen molar-refractivity contribution in [1.29, 1.82) is 0 Å². The van der Waals surface area contributed by atoms with Gasteiger partial charge in [0.25, 0.3) is 0 Å². The van der Waals surface area contributed by atoms with Gasteiger partial charge in [-0.3, -0.25) is 0 Å². The topological polar surface area (TPSA) is 69.9 Å². The van der Waals surface area contributed by atoms with Crippen molar-refractivity contribution in [1.82, 2.24) is 0 Å². The second-order valence-electron chi connectivity index (χ2n) is 12.0. The fourth-order valence-electron chi connectivity index (χ4n) is 7.06. The number of aliphatic hydroxyl groups is 3. The Morgan fingerprint density at radius 1 is 1.12 bits per heavy atom. The molecular weight excluding hydrogens is 424 g/mol. The van der Waals surface area contributed by atoms with Gasteiger partial charge >= 0.3 is 0 Å². The van der Waals surface area contributed by atoms with E-state index in [2.05, 4.69) is 45.9 Å². The fraction of sp³-hybridized carbons (Fsp3) is 0.800. The number of aliphatic hydroxyl groups excluding tert-OH is 3. The molecule has 7 atom stereocenters. The Morgan fingerprint density at radius 3 is 2.59 bits per heavy atom. The van der Waals surface area contributed by atoms with E-state index in [0.717, 1.165) is 35.3 Å². The molecule has 0 spiro atoms. The SMILES string of the molecule is CC1=C(/C=C\C2=CCC[C@]3(C)[C@@H]([C@H](C)CCCC(C)C)CC[C@@H]23)C[C@@H](O)[C@@H](OCCCO)[C@@H]1O. The molecule has 3 aliphatic carbocycles. The normalized spacial score (nSPS) is 35.2. The highest BCUT2D eigenvalue weighted by atomic mass is 16.5. The number of ether oxygens (including phenoxy) is 1. The van der Waals surface area contributed by atoms with Gasteiger partial charge in [0.2, 0.25) is 0 Å². The van der Waals surface area contributed by atoms with Crippen molar-refractivity contribution in [2.45, 2.75) is 111 Å². The van der Waals surface area contributed by atoms with Crippen LogP contribution >= 0.6 is 0 Å². The Bertz CT molecular complexity index is 751. The molecule has 194 valence electrons. The van der Waals surface area contributed by atoms with Crippen molar-refractivity contribution in [3.05, 3.63) is 34.9 Å². The van der Waals surface area contributed by atoms with Crippen LogP contribution in [0.15, 0.2) is 34.9 Å². The second kappa shape index (κ2) is 12.3. The van der Waals surface area contributed by atoms with Crippen molar-refractivity contribution in [3.8, 4) is 0 Å². The summed E-state index contributed by atoms with van der Waals surface area (Å²) in [6.45, 7) is 12.0. The lowest BCUT2D eigenvalue weighted by Gasteiger charge is -2.43. The van der Waals surface area contributed by atoms with Crippen molar-refractivity contribution in [2.24, 2.45) is 29.1 Å². The third-order valence-corrected chi connectivity index (χ3v) is 9.16. The molecule has 1 saturated carbocycles. The van der Waals surface area contributed by atoms with E-state index in [9.17, 15) is 10.2 Å². The summed E-state index contributed by atoms with van der Waals surface area (Å²) in [5, 5.41) is 30.4. The third kappa shape index (κ3) is 6.24. The van der Waals surface area contributed by atoms with Gasteiger partial charge < -0.3 is 20.1 Å². The van der Waals surface area contributed by atoms with Gasteiger partial charge in [-0.05, 0) is 84.8 Å². The minimum Gasteiger partial charge on any atom is -0.396 e. The van der Waals surface area contributed by atoms with Crippen LogP contribution in [-0.2, 0) is 4.74 Å². The number of allylic oxidation sites excluding steroid dienone is 4. The van der Waals surface area contributed by atoms with E-state index >= 15 is 0 Å². The number of hydrogen-bond acceptors (Lipinski definition) is 4. The Hall–Kier alpha value is -0.940. The third-order valence-electron chi connectivity index (χ3n) is 9.16. The van der Waals surface area contributed by atoms with Crippen LogP contribution in [0.4, 0.5) is 0 Å². The molecule has 3 aliphatic rings. The van der Waals surface area contributed by atoms with E-state index in [1.165, 1.54) is 44.1 Å². The van der Waals surface area contributed by atoms with E-state index in [0.29, 0.717) is 30.8 Å². The molecule has 0 aromatic heterocycles. The standard InChI is InChI=1S/C30H50O4/c1-20(2)9-6-10-21(3)25-14-15-26-23(11-7-16-30(25,26)5)12-13-24-19-27(32)29(28(33)22(24)4)34-18-8-17-31/h11-13,20-21,25-29,31-33H,6-10,14-19H2,1-5H3/b13-12-/t21-,25-,26+,27-,28-,29-,30-/m1/s1. The van der Waals surface area contributed by atoms with Crippen LogP contribution in [0.5, 0.6) is 0 Å². The molecule has 34 heavy (non-hydrogen) atoms. The molecule has 1 fully saturated rings. The first kappa shape index (κ1) is 27.6. The monoisotopic (exact) mass is 474 g/mol. The van der Waals surface area contributed by atoms with Gasteiger partial charge in [0.1, 0.15) is 12.2 Å². The first-order valence-electron chi connectivity index (χ1n) is 13.8. The number of rotatable bonds is 11. The van der Waals surface area contributed by atoms with Gasteiger partial charge in [0.15, 0.2) is 0 Å². The van der Waals surface area contributed by atoms with Crippen LogP contribution in [-0.4, -0.2) is 46.8 Å². The zero-order chi connectivity index (χ0) is 24.9. The van der Waals surface area contributed by atoms with E-state index in [1.54, 1.807) is 0 Å². The highest BCUT2D eigenvalue weighted by molar-refractivity contribution is 5.38. The quantitative estimate of drug-likeness (QED) is 0.323. The summed E-state index contributed by atoms with van der Waals surface area (Å²) in [6.07, 6.45) is 14.8. The van der Waals surface area contributed by atoms with Crippen LogP contribution in [0.2, 0.25) is 0 Å². The molecule has 4 heteroatoms. The Balaban J connectivity index is 1.67. The van der Waals surface area contributed by atoms with Crippen LogP contribution < -0.4 is 0 Å². The maximum absolute atomic E-state index is 10.8. The van der Waals surface area contributed by atoms with E-state index < -0.39 is 18.3 Å². The van der Waals surface area contributed by atoms with E-state index in [1.807, 2.05) is 6.92 Å². The van der Waals surface area contributed by atoms with Crippen molar-refractivity contribution in [3.63, 3.8) is 0 Å². The highest BCUT2D eigenvalue weighted by Gasteiger charge is 2.49. The van der Waals surface area contributed by atoms with E-state index in [-0.39, 0.29) is 6.61 Å². The maximum Gasteiger partial charge on any atom is 0.113 e. The predicted molar refractivity (Wildman–Crippen MR) is 139 cm³/mol. The van der Waals surface area contributed by atoms with Crippen LogP contribution in [0, 0.1) is 29.1 Å². The number of fused-ring (bicyclic) bond motifs is 1. The zero-order valence-electron chi connectivity index (χ0n) is 22.3. The molecule has 0 saturated heterocycles. The van der Waals surface area contributed by atoms with Gasteiger partial charge in [0, 0.05) is 19.6 Å². The Kier molecular flexibility index (Phi) is 10.0. The first-order valence-corrected chi connectivity index (χ1v) is 13.8. The average molecular weight is 475 g/mol. The minimum absolute atomic E-state index is 0.0501. The van der Waals surface area contributed by atoms with Gasteiger partial charge in [-0.1, -0.05) is 65.2 Å². The van der Waals surface area contributed by atoms with Crippen LogP contribution in [0.3, 0.4) is 0 Å². The smallest absolute Gasteiger partial charge is 0.113 e. The summed E-state index contributed by atoms with van der Waals surface area (Å²) in [7, 11) is 0. The summed E-state index contributed by atoms with van der Waals surface area (Å²) < 4.78 is 5.68. The lowest BCUT2D eigenvalue weighted by molar-refractivity contribution is -0.0958.